The van der Waals surface area contributed by atoms with E-state index in [1.807, 2.05) is 44.2 Å². The van der Waals surface area contributed by atoms with Crippen LogP contribution in [-0.4, -0.2) is 197 Å². The first-order valence-electron chi connectivity index (χ1n) is 32.7. The van der Waals surface area contributed by atoms with Crippen LogP contribution in [0.1, 0.15) is 90.5 Å². The highest BCUT2D eigenvalue weighted by molar-refractivity contribution is 6.35. The molecule has 98 heavy (non-hydrogen) atoms. The molecule has 10 N–H and O–H groups in total. The number of nitrogens with one attached hydrogen (secondary N) is 8. The van der Waals surface area contributed by atoms with Crippen molar-refractivity contribution in [1.82, 2.24) is 46.9 Å². The number of carbonyl (C=O) groups is 8. The first kappa shape index (κ1) is 78.8. The molecule has 4 aromatic rings. The summed E-state index contributed by atoms with van der Waals surface area (Å²) >= 11 is 6.79. The second-order valence-electron chi connectivity index (χ2n) is 25.1. The van der Waals surface area contributed by atoms with Crippen LogP contribution in [0.5, 0.6) is 5.75 Å². The van der Waals surface area contributed by atoms with E-state index in [4.69, 9.17) is 44.8 Å². The van der Waals surface area contributed by atoms with Crippen molar-refractivity contribution in [3.63, 3.8) is 0 Å². The first-order valence-corrected chi connectivity index (χ1v) is 33.1. The van der Waals surface area contributed by atoms with Gasteiger partial charge in [-0.05, 0) is 105 Å². The number of methoxy groups -OCH3 is 2. The summed E-state index contributed by atoms with van der Waals surface area (Å²) in [4.78, 5) is 107. The van der Waals surface area contributed by atoms with Gasteiger partial charge in [0.25, 0.3) is 0 Å². The minimum Gasteiger partial charge on any atom is -0.495 e. The topological polar surface area (TPSA) is 349 Å². The molecule has 2 aliphatic heterocycles. The van der Waals surface area contributed by atoms with Crippen molar-refractivity contribution >= 4 is 81.6 Å². The lowest BCUT2D eigenvalue weighted by molar-refractivity contribution is -0.173. The molecule has 1 fully saturated rings. The van der Waals surface area contributed by atoms with E-state index in [0.29, 0.717) is 70.0 Å². The summed E-state index contributed by atoms with van der Waals surface area (Å²) in [5.41, 5.74) is 4.09. The molecular formula is C69H98ClN11O17. The third-order valence-corrected chi connectivity index (χ3v) is 17.2. The van der Waals surface area contributed by atoms with E-state index in [-0.39, 0.29) is 67.4 Å². The molecule has 2 unspecified atom stereocenters. The van der Waals surface area contributed by atoms with E-state index in [9.17, 15) is 48.6 Å². The Kier molecular flexibility index (Phi) is 30.8. The van der Waals surface area contributed by atoms with E-state index in [1.54, 1.807) is 69.3 Å². The molecule has 6 rings (SSSR count). The van der Waals surface area contributed by atoms with Gasteiger partial charge in [-0.15, -0.1) is 0 Å². The summed E-state index contributed by atoms with van der Waals surface area (Å²) in [6.07, 6.45) is -0.735. The molecule has 538 valence electrons. The van der Waals surface area contributed by atoms with Crippen molar-refractivity contribution in [2.75, 3.05) is 98.2 Å². The molecule has 0 spiro atoms. The Morgan fingerprint density at radius 3 is 2.31 bits per heavy atom. The number of fused-ring (bicyclic) bond motifs is 5. The number of aliphatic hydroxyl groups is 2. The largest absolute Gasteiger partial charge is 0.495 e. The van der Waals surface area contributed by atoms with Crippen molar-refractivity contribution in [3.05, 3.63) is 112 Å². The molecule has 8 atom stereocenters. The van der Waals surface area contributed by atoms with Gasteiger partial charge in [0, 0.05) is 83.5 Å². The summed E-state index contributed by atoms with van der Waals surface area (Å²) < 4.78 is 41.5. The molecule has 3 heterocycles. The number of halogens is 1. The van der Waals surface area contributed by atoms with E-state index in [1.165, 1.54) is 40.0 Å². The molecule has 0 aliphatic carbocycles. The predicted molar refractivity (Wildman–Crippen MR) is 368 cm³/mol. The lowest BCUT2D eigenvalue weighted by Gasteiger charge is -2.43. The van der Waals surface area contributed by atoms with Gasteiger partial charge in [-0.3, -0.25) is 34.7 Å². The lowest BCUT2D eigenvalue weighted by atomic mass is 9.81. The standard InChI is InChI=1S/C69H98ClN11O17/c1-43(2)63(77-59(83)24-29-94-31-32-95-30-27-72-25-26-73-58(82)23-28-81-51(41-79(8)71-7)36-49-16-12-13-17-52(49)81)64(86)74-40-60(84)76-50-21-19-47(20-22-50)42-96-66(88)75-46(5)65(87)98-57-37-61(85)80(9)53-34-48(35-54(92-10)62(53)70)33-44(3)15-14-18-56(93-11)69(91)39-55(97-67(89)78-69)45(4)38-68(57,6)90/h12-22,34-36,43,45-46,55-57,63,71-72,90-91H,23-33,37-42H2,1-11H3,(H,73,82)(H,74,86)(H,75,88)(H,76,84)(H,77,83)(H,78,89)/b18-14+,44-15+/t45-,46-,55-,56+,57-,63?,68?,69-/m0/s1. The molecule has 1 saturated heterocycles. The number of hydrazine groups is 1. The number of nitrogens with zero attached hydrogens (tertiary/aromatic N) is 3. The van der Waals surface area contributed by atoms with Crippen molar-refractivity contribution in [2.45, 2.75) is 141 Å². The van der Waals surface area contributed by atoms with Gasteiger partial charge in [-0.25, -0.2) is 19.4 Å². The highest BCUT2D eigenvalue weighted by atomic mass is 35.5. The quantitative estimate of drug-likeness (QED) is 0.0139. The number of benzene rings is 3. The number of amides is 7. The van der Waals surface area contributed by atoms with Crippen molar-refractivity contribution < 1.29 is 81.7 Å². The Hall–Kier alpha value is -8.19. The van der Waals surface area contributed by atoms with Crippen LogP contribution >= 0.6 is 11.6 Å². The van der Waals surface area contributed by atoms with Gasteiger partial charge in [0.05, 0.1) is 64.3 Å². The van der Waals surface area contributed by atoms with Gasteiger partial charge in [0.1, 0.15) is 47.8 Å². The molecule has 29 heteroatoms. The van der Waals surface area contributed by atoms with Gasteiger partial charge in [0.2, 0.25) is 29.5 Å². The number of aromatic nitrogens is 1. The van der Waals surface area contributed by atoms with Crippen molar-refractivity contribution in [1.29, 1.82) is 0 Å². The monoisotopic (exact) mass is 1390 g/mol. The number of anilines is 2. The lowest BCUT2D eigenvalue weighted by Crippen LogP contribution is -2.63. The minimum atomic E-state index is -2.01. The molecule has 7 amide bonds. The molecule has 4 bridgehead atoms. The molecule has 28 nitrogen and oxygen atoms in total. The fraction of sp³-hybridized carbons (Fsp3) is 0.536. The van der Waals surface area contributed by atoms with Crippen molar-refractivity contribution in [2.24, 2.45) is 11.8 Å². The fourth-order valence-electron chi connectivity index (χ4n) is 11.2. The first-order chi connectivity index (χ1) is 46.6. The highest BCUT2D eigenvalue weighted by Gasteiger charge is 2.49. The van der Waals surface area contributed by atoms with Gasteiger partial charge in [0.15, 0.2) is 5.72 Å². The van der Waals surface area contributed by atoms with Crippen LogP contribution in [0.2, 0.25) is 5.02 Å². The number of alkyl carbamates (subject to hydrolysis) is 2. The molecule has 2 aliphatic rings. The Morgan fingerprint density at radius 1 is 0.878 bits per heavy atom. The molecule has 1 aromatic heterocycles. The average molecular weight is 1390 g/mol. The molecule has 3 aromatic carbocycles. The smallest absolute Gasteiger partial charge is 0.409 e. The van der Waals surface area contributed by atoms with Crippen LogP contribution in [0.15, 0.2) is 90.5 Å². The van der Waals surface area contributed by atoms with Crippen LogP contribution in [0.3, 0.4) is 0 Å². The zero-order chi connectivity index (χ0) is 71.7. The maximum atomic E-state index is 14.3. The van der Waals surface area contributed by atoms with E-state index < -0.39 is 102 Å². The Morgan fingerprint density at radius 2 is 1.60 bits per heavy atom. The number of aryl methyl sites for hydroxylation is 1. The van der Waals surface area contributed by atoms with Gasteiger partial charge in [-0.2, -0.15) is 0 Å². The summed E-state index contributed by atoms with van der Waals surface area (Å²) in [7, 11) is 8.13. The van der Waals surface area contributed by atoms with E-state index >= 15 is 0 Å². The van der Waals surface area contributed by atoms with Gasteiger partial charge < -0.3 is 84.7 Å². The van der Waals surface area contributed by atoms with E-state index in [2.05, 4.69) is 65.4 Å². The number of esters is 1. The maximum Gasteiger partial charge on any atom is 0.409 e. The predicted octanol–water partition coefficient (Wildman–Crippen LogP) is 4.90. The normalized spacial score (nSPS) is 21.4. The number of allylic oxidation sites excluding steroid dienone is 3. The van der Waals surface area contributed by atoms with E-state index in [0.717, 1.165) is 27.7 Å². The number of para-hydroxylation sites is 1. The molecule has 0 saturated carbocycles. The average Bonchev–Trinajstić information content (AvgIpc) is 1.45. The zero-order valence-electron chi connectivity index (χ0n) is 57.9. The second-order valence-corrected chi connectivity index (χ2v) is 25.5. The Bertz CT molecular complexity index is 3420. The number of hydrogen-bond acceptors (Lipinski definition) is 20. The summed E-state index contributed by atoms with van der Waals surface area (Å²) in [5.74, 6) is -3.96. The number of ether oxygens (including phenoxy) is 7. The number of carbonyl (C=O) groups excluding carboxylic acids is 8. The third-order valence-electron chi connectivity index (χ3n) is 16.8. The summed E-state index contributed by atoms with van der Waals surface area (Å²) in [5, 5.41) is 46.4. The third kappa shape index (κ3) is 24.1. The van der Waals surface area contributed by atoms with Crippen LogP contribution < -0.4 is 52.3 Å². The second kappa shape index (κ2) is 38.2. The summed E-state index contributed by atoms with van der Waals surface area (Å²) in [6, 6.07) is 17.7. The van der Waals surface area contributed by atoms with Gasteiger partial charge in [-0.1, -0.05) is 86.5 Å². The minimum absolute atomic E-state index is 0.00921. The van der Waals surface area contributed by atoms with Gasteiger partial charge >= 0.3 is 18.2 Å². The number of rotatable bonds is 31. The van der Waals surface area contributed by atoms with Crippen LogP contribution in [0, 0.1) is 11.8 Å². The van der Waals surface area contributed by atoms with Crippen LogP contribution in [-0.2, 0) is 83.3 Å². The van der Waals surface area contributed by atoms with Crippen LogP contribution in [0.4, 0.5) is 21.0 Å². The Balaban J connectivity index is 0.890. The molecule has 0 radical (unpaired) electrons. The molecular weight excluding hydrogens is 1290 g/mol. The Labute approximate surface area is 577 Å². The SMILES string of the molecule is CNN(C)Cc1cc2ccccc2n1CCC(=O)NCCNCCOCCOCCC(=O)NC(C(=O)NCC(=O)Nc1ccc(COC(=O)N[C@@H](C)C(=O)O[C@H]2CC(=O)N(C)c3cc(cc(OC)c3Cl)C/C(C)=C/C=C/[C@@H](OC)[C@@]3(O)C[C@H](OC(=O)N3)[C@@H](C)CC2(C)O)cc1)C(C)C. The van der Waals surface area contributed by atoms with Crippen LogP contribution in [0.25, 0.3) is 10.9 Å². The van der Waals surface area contributed by atoms with Crippen molar-refractivity contribution in [3.8, 4) is 5.75 Å². The zero-order valence-corrected chi connectivity index (χ0v) is 58.6. The highest BCUT2D eigenvalue weighted by Crippen LogP contribution is 2.39. The summed E-state index contributed by atoms with van der Waals surface area (Å²) in [6.45, 7) is 13.0. The fourth-order valence-corrected chi connectivity index (χ4v) is 11.5. The maximum absolute atomic E-state index is 14.3. The number of hydrogen-bond donors (Lipinski definition) is 10.